The van der Waals surface area contributed by atoms with E-state index in [0.29, 0.717) is 22.3 Å². The number of rotatable bonds is 7. The summed E-state index contributed by atoms with van der Waals surface area (Å²) < 4.78 is 1.81. The van der Waals surface area contributed by atoms with Crippen molar-refractivity contribution in [2.45, 2.75) is 37.8 Å². The zero-order valence-corrected chi connectivity index (χ0v) is 18.0. The fraction of sp³-hybridized carbons (Fsp3) is 0.450. The molecule has 6 nitrogen and oxygen atoms in total. The molecule has 2 N–H and O–H groups in total. The summed E-state index contributed by atoms with van der Waals surface area (Å²) in [7, 11) is 4.14. The first-order valence-corrected chi connectivity index (χ1v) is 10.8. The van der Waals surface area contributed by atoms with Gasteiger partial charge in [0.15, 0.2) is 0 Å². The van der Waals surface area contributed by atoms with Gasteiger partial charge in [-0.15, -0.1) is 0 Å². The van der Waals surface area contributed by atoms with E-state index in [0.717, 1.165) is 42.6 Å². The molecule has 1 aromatic heterocycles. The number of aryl methyl sites for hydroxylation is 1. The Kier molecular flexibility index (Phi) is 6.80. The molecular formula is C20H26ClN4O2S+. The molecule has 0 bridgehead atoms. The number of amides is 1. The Balaban J connectivity index is 1.70. The second kappa shape index (κ2) is 9.11. The first-order chi connectivity index (χ1) is 13.3. The lowest BCUT2D eigenvalue weighted by molar-refractivity contribution is -0.859. The van der Waals surface area contributed by atoms with Gasteiger partial charge < -0.3 is 10.2 Å². The van der Waals surface area contributed by atoms with E-state index in [9.17, 15) is 9.59 Å². The maximum absolute atomic E-state index is 12.5. The number of hydrogen-bond acceptors (Lipinski definition) is 4. The Bertz CT molecular complexity index is 943. The predicted molar refractivity (Wildman–Crippen MR) is 114 cm³/mol. The summed E-state index contributed by atoms with van der Waals surface area (Å²) in [6.45, 7) is 3.47. The molecule has 1 amide bonds. The topological polar surface area (TPSA) is 68.4 Å². The third-order valence-corrected chi connectivity index (χ3v) is 6.26. The normalized spacial score (nSPS) is 13.0. The van der Waals surface area contributed by atoms with Gasteiger partial charge in [0.1, 0.15) is 5.03 Å². The van der Waals surface area contributed by atoms with Gasteiger partial charge in [0.05, 0.1) is 32.9 Å². The average Bonchev–Trinajstić information content (AvgIpc) is 3.11. The molecular weight excluding hydrogens is 396 g/mol. The van der Waals surface area contributed by atoms with Crippen LogP contribution in [0.15, 0.2) is 28.0 Å². The van der Waals surface area contributed by atoms with Gasteiger partial charge >= 0.3 is 5.69 Å². The third-order valence-electron chi connectivity index (χ3n) is 4.83. The number of halogens is 1. The summed E-state index contributed by atoms with van der Waals surface area (Å²) in [4.78, 5) is 30.4. The van der Waals surface area contributed by atoms with Gasteiger partial charge in [-0.2, -0.15) is 4.98 Å². The average molecular weight is 422 g/mol. The number of anilines is 1. The zero-order chi connectivity index (χ0) is 20.3. The Morgan fingerprint density at radius 2 is 2.14 bits per heavy atom. The van der Waals surface area contributed by atoms with Crippen LogP contribution in [0.5, 0.6) is 0 Å². The van der Waals surface area contributed by atoms with Crippen LogP contribution in [0, 0.1) is 6.92 Å². The molecule has 0 spiro atoms. The standard InChI is InChI=1S/C20H25ClN4O2S/c1-13-7-8-14(11-16(13)21)22-18(26)12-28-19-15-5-4-6-17(15)25(20(27)23-19)10-9-24(2)3/h7-8,11H,4-6,9-10,12H2,1-3H3,(H,22,26)/p+1. The number of likely N-dealkylation sites (N-methyl/N-ethyl adjacent to an activating group) is 1. The summed E-state index contributed by atoms with van der Waals surface area (Å²) >= 11 is 7.44. The minimum absolute atomic E-state index is 0.140. The van der Waals surface area contributed by atoms with E-state index >= 15 is 0 Å². The Morgan fingerprint density at radius 1 is 1.36 bits per heavy atom. The van der Waals surface area contributed by atoms with Crippen molar-refractivity contribution in [3.05, 3.63) is 50.5 Å². The van der Waals surface area contributed by atoms with Gasteiger partial charge in [0, 0.05) is 22.0 Å². The van der Waals surface area contributed by atoms with Crippen LogP contribution >= 0.6 is 23.4 Å². The minimum Gasteiger partial charge on any atom is -0.338 e. The van der Waals surface area contributed by atoms with Crippen molar-refractivity contribution in [1.82, 2.24) is 9.55 Å². The number of aromatic nitrogens is 2. The molecule has 0 radical (unpaired) electrons. The van der Waals surface area contributed by atoms with Crippen molar-refractivity contribution < 1.29 is 9.69 Å². The van der Waals surface area contributed by atoms with Gasteiger partial charge in [-0.1, -0.05) is 29.4 Å². The molecule has 1 heterocycles. The number of hydrogen-bond donors (Lipinski definition) is 2. The van der Waals surface area contributed by atoms with Crippen LogP contribution in [0.1, 0.15) is 23.2 Å². The van der Waals surface area contributed by atoms with E-state index in [1.807, 2.05) is 23.6 Å². The van der Waals surface area contributed by atoms with Gasteiger partial charge in [-0.3, -0.25) is 9.36 Å². The quantitative estimate of drug-likeness (QED) is 0.526. The lowest BCUT2D eigenvalue weighted by atomic mass is 10.2. The molecule has 1 aliphatic carbocycles. The zero-order valence-electron chi connectivity index (χ0n) is 16.5. The second-order valence-electron chi connectivity index (χ2n) is 7.39. The highest BCUT2D eigenvalue weighted by atomic mass is 35.5. The molecule has 0 saturated heterocycles. The number of nitrogens with one attached hydrogen (secondary N) is 2. The number of fused-ring (bicyclic) bond motifs is 1. The highest BCUT2D eigenvalue weighted by Crippen LogP contribution is 2.29. The molecule has 28 heavy (non-hydrogen) atoms. The summed E-state index contributed by atoms with van der Waals surface area (Å²) in [6, 6.07) is 5.44. The number of thioether (sulfide) groups is 1. The molecule has 0 saturated carbocycles. The summed E-state index contributed by atoms with van der Waals surface area (Å²) in [5.41, 5.74) is 3.64. The van der Waals surface area contributed by atoms with E-state index in [1.165, 1.54) is 16.7 Å². The largest absolute Gasteiger partial charge is 0.349 e. The number of quaternary nitrogens is 1. The minimum atomic E-state index is -0.213. The summed E-state index contributed by atoms with van der Waals surface area (Å²) in [5.74, 6) is 0.0646. The van der Waals surface area contributed by atoms with E-state index in [-0.39, 0.29) is 17.3 Å². The van der Waals surface area contributed by atoms with Crippen molar-refractivity contribution in [1.29, 1.82) is 0 Å². The van der Waals surface area contributed by atoms with E-state index in [4.69, 9.17) is 11.6 Å². The maximum Gasteiger partial charge on any atom is 0.349 e. The predicted octanol–water partition coefficient (Wildman–Crippen LogP) is 1.57. The molecule has 0 fully saturated rings. The van der Waals surface area contributed by atoms with Crippen LogP contribution in [0.2, 0.25) is 5.02 Å². The van der Waals surface area contributed by atoms with Crippen molar-refractivity contribution in [3.63, 3.8) is 0 Å². The molecule has 8 heteroatoms. The van der Waals surface area contributed by atoms with Crippen molar-refractivity contribution >= 4 is 35.0 Å². The fourth-order valence-corrected chi connectivity index (χ4v) is 4.33. The Morgan fingerprint density at radius 3 is 2.86 bits per heavy atom. The van der Waals surface area contributed by atoms with Crippen LogP contribution in [-0.2, 0) is 24.2 Å². The van der Waals surface area contributed by atoms with Crippen LogP contribution in [0.25, 0.3) is 0 Å². The van der Waals surface area contributed by atoms with Crippen LogP contribution in [0.4, 0.5) is 5.69 Å². The van der Waals surface area contributed by atoms with Gasteiger partial charge in [0.25, 0.3) is 0 Å². The van der Waals surface area contributed by atoms with Gasteiger partial charge in [-0.25, -0.2) is 4.79 Å². The van der Waals surface area contributed by atoms with Crippen LogP contribution in [0.3, 0.4) is 0 Å². The molecule has 1 aliphatic rings. The maximum atomic E-state index is 12.5. The number of nitrogens with zero attached hydrogens (tertiary/aromatic N) is 2. The number of carbonyl (C=O) groups excluding carboxylic acids is 1. The van der Waals surface area contributed by atoms with E-state index in [1.54, 1.807) is 6.07 Å². The fourth-order valence-electron chi connectivity index (χ4n) is 3.27. The van der Waals surface area contributed by atoms with Gasteiger partial charge in [-0.05, 0) is 43.9 Å². The van der Waals surface area contributed by atoms with E-state index in [2.05, 4.69) is 24.4 Å². The molecule has 3 rings (SSSR count). The van der Waals surface area contributed by atoms with Crippen LogP contribution in [-0.4, -0.2) is 41.9 Å². The van der Waals surface area contributed by atoms with Crippen molar-refractivity contribution in [2.75, 3.05) is 31.7 Å². The lowest BCUT2D eigenvalue weighted by Gasteiger charge is -2.15. The molecule has 0 unspecified atom stereocenters. The smallest absolute Gasteiger partial charge is 0.338 e. The van der Waals surface area contributed by atoms with Crippen LogP contribution < -0.4 is 15.9 Å². The number of benzene rings is 1. The molecule has 0 aliphatic heterocycles. The Hall–Kier alpha value is -1.83. The van der Waals surface area contributed by atoms with Crippen molar-refractivity contribution in [3.8, 4) is 0 Å². The first kappa shape index (κ1) is 20.9. The molecule has 2 aromatic rings. The lowest BCUT2D eigenvalue weighted by Crippen LogP contribution is -3.06. The Labute approximate surface area is 174 Å². The monoisotopic (exact) mass is 421 g/mol. The van der Waals surface area contributed by atoms with E-state index < -0.39 is 0 Å². The first-order valence-electron chi connectivity index (χ1n) is 9.45. The third kappa shape index (κ3) is 4.96. The molecule has 1 aromatic carbocycles. The summed E-state index contributed by atoms with van der Waals surface area (Å²) in [6.07, 6.45) is 2.84. The SMILES string of the molecule is Cc1ccc(NC(=O)CSc2nc(=O)n(CC[NH+](C)C)c3c2CCC3)cc1Cl. The molecule has 150 valence electrons. The number of carbonyl (C=O) groups is 1. The van der Waals surface area contributed by atoms with Crippen molar-refractivity contribution in [2.24, 2.45) is 0 Å². The molecule has 0 atom stereocenters. The highest BCUT2D eigenvalue weighted by Gasteiger charge is 2.22. The summed E-state index contributed by atoms with van der Waals surface area (Å²) in [5, 5.41) is 4.16. The highest BCUT2D eigenvalue weighted by molar-refractivity contribution is 8.00. The second-order valence-corrected chi connectivity index (χ2v) is 8.76. The van der Waals surface area contributed by atoms with Gasteiger partial charge in [0.2, 0.25) is 5.91 Å².